The van der Waals surface area contributed by atoms with E-state index in [1.165, 1.54) is 0 Å². The lowest BCUT2D eigenvalue weighted by Crippen LogP contribution is -1.85. The first kappa shape index (κ1) is 15.3. The minimum absolute atomic E-state index is 0.523. The van der Waals surface area contributed by atoms with Crippen LogP contribution in [-0.2, 0) is 6.54 Å². The van der Waals surface area contributed by atoms with Gasteiger partial charge in [-0.2, -0.15) is 10.2 Å². The zero-order valence-electron chi connectivity index (χ0n) is 13.9. The molecule has 4 aromatic rings. The summed E-state index contributed by atoms with van der Waals surface area (Å²) in [6, 6.07) is 23.9. The highest BCUT2D eigenvalue weighted by atomic mass is 16.5. The second-order valence-corrected chi connectivity index (χ2v) is 5.74. The summed E-state index contributed by atoms with van der Waals surface area (Å²) < 4.78 is 5.18. The van der Waals surface area contributed by atoms with Crippen molar-refractivity contribution in [3.8, 4) is 5.75 Å². The van der Waals surface area contributed by atoms with E-state index in [9.17, 15) is 0 Å². The molecule has 3 aromatic carbocycles. The van der Waals surface area contributed by atoms with Crippen LogP contribution in [0.25, 0.3) is 21.8 Å². The van der Waals surface area contributed by atoms with Crippen LogP contribution < -0.4 is 4.74 Å². The maximum absolute atomic E-state index is 5.18. The minimum atomic E-state index is 0.523. The first-order valence-electron chi connectivity index (χ1n) is 8.13. The van der Waals surface area contributed by atoms with E-state index in [1.54, 1.807) is 7.11 Å². The summed E-state index contributed by atoms with van der Waals surface area (Å²) in [4.78, 5) is 4.71. The Balaban J connectivity index is 1.73. The van der Waals surface area contributed by atoms with Gasteiger partial charge in [-0.15, -0.1) is 0 Å². The average molecular weight is 327 g/mol. The van der Waals surface area contributed by atoms with Crippen LogP contribution in [0.1, 0.15) is 5.56 Å². The molecule has 0 unspecified atom stereocenters. The first-order valence-corrected chi connectivity index (χ1v) is 8.13. The number of para-hydroxylation sites is 2. The third-order valence-electron chi connectivity index (χ3n) is 4.14. The van der Waals surface area contributed by atoms with Crippen molar-refractivity contribution in [3.63, 3.8) is 0 Å². The Bertz CT molecular complexity index is 1000. The van der Waals surface area contributed by atoms with Gasteiger partial charge in [-0.05, 0) is 29.8 Å². The summed E-state index contributed by atoms with van der Waals surface area (Å²) >= 11 is 0. The molecule has 122 valence electrons. The SMILES string of the molecule is COc1ccc(CN=Nc2c3ccccc3nc3ccccc23)cc1. The third-order valence-corrected chi connectivity index (χ3v) is 4.14. The number of aromatic nitrogens is 1. The lowest BCUT2D eigenvalue weighted by atomic mass is 10.1. The molecule has 0 saturated heterocycles. The van der Waals surface area contributed by atoms with Gasteiger partial charge in [0, 0.05) is 10.8 Å². The van der Waals surface area contributed by atoms with Crippen molar-refractivity contribution in [3.05, 3.63) is 78.4 Å². The number of methoxy groups -OCH3 is 1. The molecule has 0 bridgehead atoms. The average Bonchev–Trinajstić information content (AvgIpc) is 2.68. The molecule has 0 aliphatic carbocycles. The van der Waals surface area contributed by atoms with Crippen molar-refractivity contribution in [1.29, 1.82) is 0 Å². The van der Waals surface area contributed by atoms with Gasteiger partial charge >= 0.3 is 0 Å². The fourth-order valence-corrected chi connectivity index (χ4v) is 2.84. The molecule has 1 heterocycles. The maximum atomic E-state index is 5.18. The molecule has 0 saturated carbocycles. The summed E-state index contributed by atoms with van der Waals surface area (Å²) in [6.45, 7) is 0.523. The number of pyridine rings is 1. The van der Waals surface area contributed by atoms with Gasteiger partial charge in [-0.1, -0.05) is 48.5 Å². The van der Waals surface area contributed by atoms with Gasteiger partial charge in [-0.25, -0.2) is 4.98 Å². The molecule has 0 radical (unpaired) electrons. The Morgan fingerprint density at radius 2 is 1.40 bits per heavy atom. The number of azo groups is 1. The van der Waals surface area contributed by atoms with Crippen molar-refractivity contribution < 1.29 is 4.74 Å². The Morgan fingerprint density at radius 3 is 2.00 bits per heavy atom. The van der Waals surface area contributed by atoms with E-state index in [0.29, 0.717) is 6.54 Å². The van der Waals surface area contributed by atoms with E-state index in [1.807, 2.05) is 72.8 Å². The predicted molar refractivity (Wildman–Crippen MR) is 100 cm³/mol. The van der Waals surface area contributed by atoms with Gasteiger partial charge in [-0.3, -0.25) is 0 Å². The van der Waals surface area contributed by atoms with E-state index in [4.69, 9.17) is 9.72 Å². The van der Waals surface area contributed by atoms with Crippen LogP contribution in [0, 0.1) is 0 Å². The number of nitrogens with zero attached hydrogens (tertiary/aromatic N) is 3. The van der Waals surface area contributed by atoms with Gasteiger partial charge in [0.05, 0.1) is 24.7 Å². The highest BCUT2D eigenvalue weighted by Gasteiger charge is 2.07. The van der Waals surface area contributed by atoms with E-state index >= 15 is 0 Å². The number of hydrogen-bond acceptors (Lipinski definition) is 4. The highest BCUT2D eigenvalue weighted by molar-refractivity contribution is 6.05. The van der Waals surface area contributed by atoms with Gasteiger partial charge in [0.1, 0.15) is 11.4 Å². The summed E-state index contributed by atoms with van der Waals surface area (Å²) in [6.07, 6.45) is 0. The molecule has 0 aliphatic heterocycles. The highest BCUT2D eigenvalue weighted by Crippen LogP contribution is 2.33. The van der Waals surface area contributed by atoms with E-state index in [2.05, 4.69) is 10.2 Å². The quantitative estimate of drug-likeness (QED) is 0.357. The molecule has 0 atom stereocenters. The molecule has 4 heteroatoms. The standard InChI is InChI=1S/C21H17N3O/c1-25-16-12-10-15(11-13-16)14-22-24-21-17-6-2-4-8-19(17)23-20-9-5-3-7-18(20)21/h2-13H,14H2,1H3. The van der Waals surface area contributed by atoms with Crippen LogP contribution in [0.2, 0.25) is 0 Å². The maximum Gasteiger partial charge on any atom is 0.118 e. The molecule has 1 aromatic heterocycles. The first-order chi connectivity index (χ1) is 12.3. The molecule has 4 nitrogen and oxygen atoms in total. The monoisotopic (exact) mass is 327 g/mol. The molecule has 0 spiro atoms. The zero-order valence-corrected chi connectivity index (χ0v) is 13.9. The molecule has 0 fully saturated rings. The zero-order chi connectivity index (χ0) is 17.1. The fourth-order valence-electron chi connectivity index (χ4n) is 2.84. The van der Waals surface area contributed by atoms with Gasteiger partial charge < -0.3 is 4.74 Å². The van der Waals surface area contributed by atoms with Gasteiger partial charge in [0.2, 0.25) is 0 Å². The van der Waals surface area contributed by atoms with Crippen molar-refractivity contribution in [2.24, 2.45) is 10.2 Å². The summed E-state index contributed by atoms with van der Waals surface area (Å²) in [7, 11) is 1.66. The van der Waals surface area contributed by atoms with Crippen LogP contribution in [0.4, 0.5) is 5.69 Å². The number of rotatable bonds is 4. The number of benzene rings is 3. The van der Waals surface area contributed by atoms with Gasteiger partial charge in [0.15, 0.2) is 0 Å². The van der Waals surface area contributed by atoms with Crippen LogP contribution in [0.15, 0.2) is 83.0 Å². The lowest BCUT2D eigenvalue weighted by molar-refractivity contribution is 0.414. The van der Waals surface area contributed by atoms with E-state index in [0.717, 1.165) is 38.8 Å². The second-order valence-electron chi connectivity index (χ2n) is 5.74. The molecule has 25 heavy (non-hydrogen) atoms. The summed E-state index contributed by atoms with van der Waals surface area (Å²) in [5.41, 5.74) is 3.82. The second kappa shape index (κ2) is 6.69. The molecular weight excluding hydrogens is 310 g/mol. The number of hydrogen-bond donors (Lipinski definition) is 0. The summed E-state index contributed by atoms with van der Waals surface area (Å²) in [5, 5.41) is 11.0. The van der Waals surface area contributed by atoms with E-state index in [-0.39, 0.29) is 0 Å². The Kier molecular flexibility index (Phi) is 4.09. The van der Waals surface area contributed by atoms with E-state index < -0.39 is 0 Å². The number of ether oxygens (including phenoxy) is 1. The minimum Gasteiger partial charge on any atom is -0.497 e. The van der Waals surface area contributed by atoms with Crippen molar-refractivity contribution in [2.45, 2.75) is 6.54 Å². The van der Waals surface area contributed by atoms with Crippen LogP contribution in [0.3, 0.4) is 0 Å². The van der Waals surface area contributed by atoms with Crippen molar-refractivity contribution in [1.82, 2.24) is 4.98 Å². The Hall–Kier alpha value is -3.27. The lowest BCUT2D eigenvalue weighted by Gasteiger charge is -2.06. The molecular formula is C21H17N3O. The smallest absolute Gasteiger partial charge is 0.118 e. The predicted octanol–water partition coefficient (Wildman–Crippen LogP) is 5.68. The number of fused-ring (bicyclic) bond motifs is 2. The third kappa shape index (κ3) is 3.06. The fraction of sp³-hybridized carbons (Fsp3) is 0.0952. The van der Waals surface area contributed by atoms with Crippen LogP contribution >= 0.6 is 0 Å². The van der Waals surface area contributed by atoms with Crippen molar-refractivity contribution in [2.75, 3.05) is 7.11 Å². The largest absolute Gasteiger partial charge is 0.497 e. The molecule has 0 amide bonds. The molecule has 4 rings (SSSR count). The van der Waals surface area contributed by atoms with Gasteiger partial charge in [0.25, 0.3) is 0 Å². The van der Waals surface area contributed by atoms with Crippen LogP contribution in [0.5, 0.6) is 5.75 Å². The van der Waals surface area contributed by atoms with Crippen molar-refractivity contribution >= 4 is 27.5 Å². The van der Waals surface area contributed by atoms with Crippen LogP contribution in [-0.4, -0.2) is 12.1 Å². The topological polar surface area (TPSA) is 46.8 Å². The Labute approximate surface area is 145 Å². The Morgan fingerprint density at radius 1 is 0.800 bits per heavy atom. The normalized spacial score (nSPS) is 11.4. The molecule has 0 N–H and O–H groups in total. The summed E-state index contributed by atoms with van der Waals surface area (Å²) in [5.74, 6) is 0.840. The molecule has 0 aliphatic rings.